The van der Waals surface area contributed by atoms with Gasteiger partial charge in [-0.3, -0.25) is 0 Å². The van der Waals surface area contributed by atoms with E-state index in [0.29, 0.717) is 23.4 Å². The third-order valence-electron chi connectivity index (χ3n) is 6.40. The van der Waals surface area contributed by atoms with E-state index in [-0.39, 0.29) is 5.03 Å². The van der Waals surface area contributed by atoms with Crippen LogP contribution in [0.4, 0.5) is 5.95 Å². The molecule has 0 bridgehead atoms. The molecule has 0 unspecified atom stereocenters. The molecule has 0 saturated carbocycles. The monoisotopic (exact) mass is 524 g/mol. The van der Waals surface area contributed by atoms with Gasteiger partial charge in [0.15, 0.2) is 14.9 Å². The van der Waals surface area contributed by atoms with Crippen LogP contribution in [0, 0.1) is 5.92 Å². The fourth-order valence-corrected chi connectivity index (χ4v) is 5.57. The van der Waals surface area contributed by atoms with E-state index in [4.69, 9.17) is 4.74 Å². The first-order valence-electron chi connectivity index (χ1n) is 12.0. The fourth-order valence-electron chi connectivity index (χ4n) is 4.20. The van der Waals surface area contributed by atoms with Gasteiger partial charge in [0, 0.05) is 43.5 Å². The highest BCUT2D eigenvalue weighted by atomic mass is 32.2. The van der Waals surface area contributed by atoms with Gasteiger partial charge in [-0.15, -0.1) is 0 Å². The second-order valence-corrected chi connectivity index (χ2v) is 11.9. The van der Waals surface area contributed by atoms with Gasteiger partial charge in [0.1, 0.15) is 10.3 Å². The number of nitrogens with zero attached hydrogens (tertiary/aromatic N) is 6. The van der Waals surface area contributed by atoms with Gasteiger partial charge < -0.3 is 9.64 Å². The van der Waals surface area contributed by atoms with Crippen LogP contribution in [0.2, 0.25) is 0 Å². The second kappa shape index (κ2) is 10.4. The molecule has 0 atom stereocenters. The lowest BCUT2D eigenvalue weighted by Gasteiger charge is -2.31. The van der Waals surface area contributed by atoms with Crippen molar-refractivity contribution in [1.82, 2.24) is 24.9 Å². The maximum Gasteiger partial charge on any atom is 0.275 e. The van der Waals surface area contributed by atoms with Gasteiger partial charge in [-0.25, -0.2) is 33.3 Å². The lowest BCUT2D eigenvalue weighted by Crippen LogP contribution is -2.35. The molecule has 1 saturated heterocycles. The number of aryl methyl sites for hydroxylation is 1. The minimum Gasteiger partial charge on any atom is -0.470 e. The lowest BCUT2D eigenvalue weighted by molar-refractivity contribution is 0.257. The third kappa shape index (κ3) is 5.62. The van der Waals surface area contributed by atoms with Crippen LogP contribution in [0.3, 0.4) is 0 Å². The van der Waals surface area contributed by atoms with Crippen molar-refractivity contribution in [3.05, 3.63) is 48.4 Å². The van der Waals surface area contributed by atoms with E-state index in [1.54, 1.807) is 6.07 Å². The Balaban J connectivity index is 1.14. The number of rotatable bonds is 8. The predicted molar refractivity (Wildman–Crippen MR) is 140 cm³/mol. The van der Waals surface area contributed by atoms with Crippen LogP contribution in [0.1, 0.15) is 31.7 Å². The van der Waals surface area contributed by atoms with Crippen molar-refractivity contribution >= 4 is 37.5 Å². The largest absolute Gasteiger partial charge is 0.470 e. The Morgan fingerprint density at radius 3 is 2.47 bits per heavy atom. The van der Waals surface area contributed by atoms with Crippen LogP contribution < -0.4 is 9.64 Å². The number of piperidine rings is 1. The van der Waals surface area contributed by atoms with Crippen molar-refractivity contribution in [2.75, 3.05) is 30.9 Å². The first-order valence-corrected chi connectivity index (χ1v) is 14.7. The lowest BCUT2D eigenvalue weighted by atomic mass is 9.94. The molecular weight excluding hydrogens is 496 g/mol. The topological polar surface area (TPSA) is 111 Å². The SMILES string of the molecule is CCc1cnc(N2CCC(CCOc3nc4ccc(-c5ccc(S(C)(=O)=O)nc5)nc4s3)CC2)nc1. The summed E-state index contributed by atoms with van der Waals surface area (Å²) < 4.78 is 29.2. The first kappa shape index (κ1) is 24.5. The molecule has 0 aromatic carbocycles. The molecule has 36 heavy (non-hydrogen) atoms. The number of ether oxygens (including phenoxy) is 1. The van der Waals surface area contributed by atoms with E-state index in [9.17, 15) is 8.42 Å². The van der Waals surface area contributed by atoms with Gasteiger partial charge in [-0.05, 0) is 61.4 Å². The smallest absolute Gasteiger partial charge is 0.275 e. The van der Waals surface area contributed by atoms with E-state index in [1.807, 2.05) is 24.5 Å². The van der Waals surface area contributed by atoms with Gasteiger partial charge in [0.2, 0.25) is 5.95 Å². The molecule has 9 nitrogen and oxygen atoms in total. The van der Waals surface area contributed by atoms with Crippen LogP contribution >= 0.6 is 11.3 Å². The molecule has 5 heterocycles. The minimum absolute atomic E-state index is 0.0467. The molecule has 11 heteroatoms. The molecule has 4 aromatic heterocycles. The normalized spacial score (nSPS) is 14.9. The second-order valence-electron chi connectivity index (χ2n) is 8.97. The van der Waals surface area contributed by atoms with Crippen molar-refractivity contribution in [2.45, 2.75) is 37.6 Å². The summed E-state index contributed by atoms with van der Waals surface area (Å²) in [4.78, 5) is 25.3. The third-order valence-corrected chi connectivity index (χ3v) is 8.28. The summed E-state index contributed by atoms with van der Waals surface area (Å²) in [6.45, 7) is 4.65. The van der Waals surface area contributed by atoms with Crippen molar-refractivity contribution < 1.29 is 13.2 Å². The van der Waals surface area contributed by atoms with E-state index in [0.717, 1.165) is 72.5 Å². The summed E-state index contributed by atoms with van der Waals surface area (Å²) in [7, 11) is -3.33. The Bertz CT molecular complexity index is 1430. The van der Waals surface area contributed by atoms with Crippen molar-refractivity contribution in [2.24, 2.45) is 5.92 Å². The van der Waals surface area contributed by atoms with Crippen molar-refractivity contribution in [3.63, 3.8) is 0 Å². The van der Waals surface area contributed by atoms with Crippen LogP contribution in [0.15, 0.2) is 47.9 Å². The minimum atomic E-state index is -3.33. The molecule has 4 aromatic rings. The summed E-state index contributed by atoms with van der Waals surface area (Å²) >= 11 is 1.42. The number of fused-ring (bicyclic) bond motifs is 1. The van der Waals surface area contributed by atoms with Crippen LogP contribution in [0.25, 0.3) is 21.6 Å². The Hall–Kier alpha value is -3.18. The molecule has 0 aliphatic carbocycles. The quantitative estimate of drug-likeness (QED) is 0.335. The Morgan fingerprint density at radius 2 is 1.81 bits per heavy atom. The summed E-state index contributed by atoms with van der Waals surface area (Å²) in [5, 5.41) is 0.660. The molecular formula is C25H28N6O3S2. The zero-order chi connectivity index (χ0) is 25.1. The number of hydrogen-bond donors (Lipinski definition) is 0. The standard InChI is InChI=1S/C25H28N6O3S2/c1-3-17-14-27-24(28-15-17)31-11-8-18(9-12-31)10-13-34-25-30-21-6-5-20(29-23(21)35-25)19-4-7-22(26-16-19)36(2,32)33/h4-7,14-16,18H,3,8-13H2,1-2H3. The number of anilines is 1. The van der Waals surface area contributed by atoms with Gasteiger partial charge in [-0.1, -0.05) is 18.3 Å². The maximum absolute atomic E-state index is 11.6. The van der Waals surface area contributed by atoms with Crippen LogP contribution in [-0.2, 0) is 16.3 Å². The highest BCUT2D eigenvalue weighted by molar-refractivity contribution is 7.90. The van der Waals surface area contributed by atoms with E-state index in [2.05, 4.69) is 36.7 Å². The Kier molecular flexibility index (Phi) is 7.10. The first-order chi connectivity index (χ1) is 17.4. The van der Waals surface area contributed by atoms with Gasteiger partial charge in [-0.2, -0.15) is 0 Å². The van der Waals surface area contributed by atoms with Gasteiger partial charge in [0.25, 0.3) is 5.19 Å². The molecule has 1 aliphatic heterocycles. The summed E-state index contributed by atoms with van der Waals surface area (Å²) in [6.07, 6.45) is 10.6. The predicted octanol–water partition coefficient (Wildman–Crippen LogP) is 4.19. The number of thiazole rings is 1. The average Bonchev–Trinajstić information content (AvgIpc) is 3.31. The molecule has 0 N–H and O–H groups in total. The average molecular weight is 525 g/mol. The summed E-state index contributed by atoms with van der Waals surface area (Å²) in [5.74, 6) is 1.43. The maximum atomic E-state index is 11.6. The number of sulfone groups is 1. The molecule has 188 valence electrons. The molecule has 1 fully saturated rings. The Morgan fingerprint density at radius 1 is 1.03 bits per heavy atom. The molecule has 0 amide bonds. The highest BCUT2D eigenvalue weighted by Crippen LogP contribution is 2.30. The summed E-state index contributed by atoms with van der Waals surface area (Å²) in [6, 6.07) is 6.97. The van der Waals surface area contributed by atoms with E-state index >= 15 is 0 Å². The molecule has 0 radical (unpaired) electrons. The fraction of sp³-hybridized carbons (Fsp3) is 0.400. The van der Waals surface area contributed by atoms with Gasteiger partial charge in [0.05, 0.1) is 12.3 Å². The molecule has 5 rings (SSSR count). The van der Waals surface area contributed by atoms with Crippen molar-refractivity contribution in [3.8, 4) is 16.5 Å². The van der Waals surface area contributed by atoms with Crippen LogP contribution in [-0.4, -0.2) is 59.3 Å². The molecule has 0 spiro atoms. The van der Waals surface area contributed by atoms with Gasteiger partial charge >= 0.3 is 0 Å². The number of aromatic nitrogens is 5. The highest BCUT2D eigenvalue weighted by Gasteiger charge is 2.21. The summed E-state index contributed by atoms with van der Waals surface area (Å²) in [5.41, 5.74) is 3.40. The van der Waals surface area contributed by atoms with E-state index < -0.39 is 9.84 Å². The van der Waals surface area contributed by atoms with E-state index in [1.165, 1.54) is 23.6 Å². The molecule has 1 aliphatic rings. The number of hydrogen-bond acceptors (Lipinski definition) is 10. The zero-order valence-electron chi connectivity index (χ0n) is 20.3. The number of pyridine rings is 2. The van der Waals surface area contributed by atoms with Crippen LogP contribution in [0.5, 0.6) is 5.19 Å². The van der Waals surface area contributed by atoms with Crippen molar-refractivity contribution in [1.29, 1.82) is 0 Å². The zero-order valence-corrected chi connectivity index (χ0v) is 21.9. The Labute approximate surface area is 214 Å².